The van der Waals surface area contributed by atoms with Crippen LogP contribution in [0.5, 0.6) is 0 Å². The minimum absolute atomic E-state index is 0.451. The van der Waals surface area contributed by atoms with E-state index in [2.05, 4.69) is 10.2 Å². The van der Waals surface area contributed by atoms with Crippen molar-refractivity contribution in [3.8, 4) is 0 Å². The standard InChI is InChI=1S/C5H8ClN3/c1-3-4-7-8-5(6)9(4)2/h3H2,1-2H3. The average Bonchev–Trinajstić information content (AvgIpc) is 2.15. The number of halogens is 1. The van der Waals surface area contributed by atoms with E-state index in [-0.39, 0.29) is 0 Å². The average molecular weight is 146 g/mol. The number of aryl methyl sites for hydroxylation is 1. The molecule has 50 valence electrons. The highest BCUT2D eigenvalue weighted by Crippen LogP contribution is 2.04. The van der Waals surface area contributed by atoms with Crippen molar-refractivity contribution in [3.63, 3.8) is 0 Å². The van der Waals surface area contributed by atoms with Gasteiger partial charge in [-0.25, -0.2) is 0 Å². The number of hydrogen-bond donors (Lipinski definition) is 0. The smallest absolute Gasteiger partial charge is 0.224 e. The monoisotopic (exact) mass is 145 g/mol. The topological polar surface area (TPSA) is 30.7 Å². The molecule has 0 N–H and O–H groups in total. The molecule has 1 rings (SSSR count). The molecule has 0 saturated heterocycles. The minimum Gasteiger partial charge on any atom is -0.305 e. The van der Waals surface area contributed by atoms with Crippen molar-refractivity contribution >= 4 is 11.6 Å². The van der Waals surface area contributed by atoms with Crippen LogP contribution in [-0.4, -0.2) is 14.8 Å². The first-order valence-corrected chi connectivity index (χ1v) is 3.17. The molecule has 4 heteroatoms. The number of aromatic nitrogens is 3. The molecule has 0 aliphatic heterocycles. The van der Waals surface area contributed by atoms with Crippen LogP contribution in [-0.2, 0) is 13.5 Å². The zero-order valence-electron chi connectivity index (χ0n) is 5.43. The fraction of sp³-hybridized carbons (Fsp3) is 0.600. The predicted octanol–water partition coefficient (Wildman–Crippen LogP) is 1.03. The van der Waals surface area contributed by atoms with E-state index in [0.717, 1.165) is 12.2 Å². The van der Waals surface area contributed by atoms with Crippen LogP contribution < -0.4 is 0 Å². The van der Waals surface area contributed by atoms with Gasteiger partial charge in [0.2, 0.25) is 5.28 Å². The Hall–Kier alpha value is -0.570. The Bertz CT molecular complexity index is 206. The highest BCUT2D eigenvalue weighted by molar-refractivity contribution is 6.28. The molecule has 0 spiro atoms. The maximum Gasteiger partial charge on any atom is 0.224 e. The lowest BCUT2D eigenvalue weighted by atomic mass is 10.5. The van der Waals surface area contributed by atoms with Gasteiger partial charge in [0, 0.05) is 13.5 Å². The minimum atomic E-state index is 0.451. The summed E-state index contributed by atoms with van der Waals surface area (Å²) >= 11 is 5.60. The van der Waals surface area contributed by atoms with E-state index in [1.54, 1.807) is 4.57 Å². The quantitative estimate of drug-likeness (QED) is 0.591. The molecule has 0 aliphatic rings. The van der Waals surface area contributed by atoms with E-state index in [9.17, 15) is 0 Å². The Kier molecular flexibility index (Phi) is 1.71. The Morgan fingerprint density at radius 2 is 2.22 bits per heavy atom. The van der Waals surface area contributed by atoms with Gasteiger partial charge in [0.05, 0.1) is 0 Å². The molecule has 9 heavy (non-hydrogen) atoms. The van der Waals surface area contributed by atoms with E-state index in [1.807, 2.05) is 14.0 Å². The van der Waals surface area contributed by atoms with Gasteiger partial charge in [0.1, 0.15) is 5.82 Å². The van der Waals surface area contributed by atoms with Gasteiger partial charge in [-0.1, -0.05) is 6.92 Å². The third-order valence-corrected chi connectivity index (χ3v) is 1.56. The van der Waals surface area contributed by atoms with E-state index >= 15 is 0 Å². The third-order valence-electron chi connectivity index (χ3n) is 1.23. The number of rotatable bonds is 1. The van der Waals surface area contributed by atoms with Crippen LogP contribution in [0.4, 0.5) is 0 Å². The van der Waals surface area contributed by atoms with Gasteiger partial charge in [-0.2, -0.15) is 0 Å². The van der Waals surface area contributed by atoms with Gasteiger partial charge in [0.25, 0.3) is 0 Å². The highest BCUT2D eigenvalue weighted by atomic mass is 35.5. The van der Waals surface area contributed by atoms with Gasteiger partial charge in [0.15, 0.2) is 0 Å². The van der Waals surface area contributed by atoms with Crippen LogP contribution >= 0.6 is 11.6 Å². The zero-order chi connectivity index (χ0) is 6.85. The van der Waals surface area contributed by atoms with E-state index in [1.165, 1.54) is 0 Å². The first kappa shape index (κ1) is 6.55. The molecule has 1 aromatic rings. The lowest BCUT2D eigenvalue weighted by molar-refractivity contribution is 0.807. The normalized spacial score (nSPS) is 10.1. The second-order valence-electron chi connectivity index (χ2n) is 1.80. The summed E-state index contributed by atoms with van der Waals surface area (Å²) in [6.07, 6.45) is 0.871. The third kappa shape index (κ3) is 1.05. The summed E-state index contributed by atoms with van der Waals surface area (Å²) in [5.74, 6) is 0.917. The Balaban J connectivity index is 3.04. The molecule has 1 heterocycles. The lowest BCUT2D eigenvalue weighted by Gasteiger charge is -1.93. The van der Waals surface area contributed by atoms with Gasteiger partial charge in [-0.15, -0.1) is 10.2 Å². The van der Waals surface area contributed by atoms with Gasteiger partial charge in [-0.3, -0.25) is 0 Å². The summed E-state index contributed by atoms with van der Waals surface area (Å²) in [7, 11) is 1.85. The summed E-state index contributed by atoms with van der Waals surface area (Å²) in [6, 6.07) is 0. The van der Waals surface area contributed by atoms with Crippen LogP contribution in [0.15, 0.2) is 0 Å². The molecule has 3 nitrogen and oxygen atoms in total. The highest BCUT2D eigenvalue weighted by Gasteiger charge is 2.01. The van der Waals surface area contributed by atoms with Crippen LogP contribution in [0.25, 0.3) is 0 Å². The van der Waals surface area contributed by atoms with Gasteiger partial charge in [-0.05, 0) is 11.6 Å². The molecule has 0 atom stereocenters. The maximum absolute atomic E-state index is 5.60. The molecular formula is C5H8ClN3. The summed E-state index contributed by atoms with van der Waals surface area (Å²) < 4.78 is 1.77. The molecular weight excluding hydrogens is 138 g/mol. The lowest BCUT2D eigenvalue weighted by Crippen LogP contribution is -1.94. The molecule has 0 aromatic carbocycles. The second kappa shape index (κ2) is 2.35. The summed E-state index contributed by atoms with van der Waals surface area (Å²) in [6.45, 7) is 2.01. The molecule has 1 aromatic heterocycles. The van der Waals surface area contributed by atoms with Crippen LogP contribution in [0.3, 0.4) is 0 Å². The van der Waals surface area contributed by atoms with Crippen molar-refractivity contribution in [2.45, 2.75) is 13.3 Å². The summed E-state index contributed by atoms with van der Waals surface area (Å²) in [5, 5.41) is 7.93. The van der Waals surface area contributed by atoms with Crippen LogP contribution in [0.1, 0.15) is 12.7 Å². The molecule has 0 radical (unpaired) electrons. The fourth-order valence-electron chi connectivity index (χ4n) is 0.648. The van der Waals surface area contributed by atoms with Crippen molar-refractivity contribution < 1.29 is 0 Å². The molecule has 0 unspecified atom stereocenters. The summed E-state index contributed by atoms with van der Waals surface area (Å²) in [4.78, 5) is 0. The molecule has 0 amide bonds. The van der Waals surface area contributed by atoms with Crippen LogP contribution in [0, 0.1) is 0 Å². The first-order valence-electron chi connectivity index (χ1n) is 2.79. The van der Waals surface area contributed by atoms with E-state index < -0.39 is 0 Å². The van der Waals surface area contributed by atoms with E-state index in [0.29, 0.717) is 5.28 Å². The predicted molar refractivity (Wildman–Crippen MR) is 35.4 cm³/mol. The van der Waals surface area contributed by atoms with Crippen molar-refractivity contribution in [2.75, 3.05) is 0 Å². The summed E-state index contributed by atoms with van der Waals surface area (Å²) in [5.41, 5.74) is 0. The largest absolute Gasteiger partial charge is 0.305 e. The molecule has 0 aliphatic carbocycles. The van der Waals surface area contributed by atoms with Gasteiger partial charge >= 0.3 is 0 Å². The zero-order valence-corrected chi connectivity index (χ0v) is 6.18. The van der Waals surface area contributed by atoms with E-state index in [4.69, 9.17) is 11.6 Å². The van der Waals surface area contributed by atoms with Crippen LogP contribution in [0.2, 0.25) is 5.28 Å². The fourth-order valence-corrected chi connectivity index (χ4v) is 0.783. The second-order valence-corrected chi connectivity index (χ2v) is 2.14. The van der Waals surface area contributed by atoms with Crippen molar-refractivity contribution in [1.82, 2.24) is 14.8 Å². The SMILES string of the molecule is CCc1nnc(Cl)n1C. The first-order chi connectivity index (χ1) is 4.25. The Morgan fingerprint density at radius 1 is 1.56 bits per heavy atom. The molecule has 0 bridgehead atoms. The maximum atomic E-state index is 5.60. The number of hydrogen-bond acceptors (Lipinski definition) is 2. The van der Waals surface area contributed by atoms with Crippen molar-refractivity contribution in [3.05, 3.63) is 11.1 Å². The Labute approximate surface area is 58.7 Å². The molecule has 0 fully saturated rings. The Morgan fingerprint density at radius 3 is 2.44 bits per heavy atom. The van der Waals surface area contributed by atoms with Crippen molar-refractivity contribution in [1.29, 1.82) is 0 Å². The van der Waals surface area contributed by atoms with Crippen molar-refractivity contribution in [2.24, 2.45) is 7.05 Å². The van der Waals surface area contributed by atoms with Gasteiger partial charge < -0.3 is 4.57 Å². The molecule has 0 saturated carbocycles. The number of nitrogens with zero attached hydrogens (tertiary/aromatic N) is 3.